The van der Waals surface area contributed by atoms with E-state index in [1.165, 1.54) is 0 Å². The zero-order valence-corrected chi connectivity index (χ0v) is 16.6. The van der Waals surface area contributed by atoms with Crippen molar-refractivity contribution in [3.8, 4) is 0 Å². The topological polar surface area (TPSA) is 96.3 Å². The lowest BCUT2D eigenvalue weighted by Gasteiger charge is -2.27. The highest BCUT2D eigenvalue weighted by molar-refractivity contribution is 6.43. The number of carbonyl (C=O) groups excluding carboxylic acids is 1. The predicted molar refractivity (Wildman–Crippen MR) is 113 cm³/mol. The second kappa shape index (κ2) is 9.89. The third kappa shape index (κ3) is 5.80. The fourth-order valence-electron chi connectivity index (χ4n) is 3.51. The van der Waals surface area contributed by atoms with Crippen LogP contribution < -0.4 is 10.2 Å². The molecule has 3 rings (SSSR count). The van der Waals surface area contributed by atoms with Crippen LogP contribution in [0.25, 0.3) is 0 Å². The molecule has 1 aliphatic rings. The number of rotatable bonds is 8. The quantitative estimate of drug-likeness (QED) is 0.486. The number of anilines is 1. The largest absolute Gasteiger partial charge is 0.475 e. The fraction of sp³-hybridized carbons (Fsp3) is 0.381. The van der Waals surface area contributed by atoms with Gasteiger partial charge in [-0.25, -0.2) is 0 Å². The molecule has 1 amide bonds. The maximum atomic E-state index is 12.4. The smallest absolute Gasteiger partial charge is 0.426 e. The molecule has 1 heterocycles. The van der Waals surface area contributed by atoms with Crippen molar-refractivity contribution in [2.24, 2.45) is 0 Å². The Hall–Kier alpha value is -2.39. The fourth-order valence-corrected chi connectivity index (χ4v) is 3.51. The highest BCUT2D eigenvalue weighted by atomic mass is 16.4. The summed E-state index contributed by atoms with van der Waals surface area (Å²) in [5, 5.41) is 32.5. The van der Waals surface area contributed by atoms with Gasteiger partial charge in [0, 0.05) is 31.7 Å². The molecule has 1 unspecified atom stereocenters. The molecule has 1 aliphatic heterocycles. The molecule has 0 aliphatic carbocycles. The number of nitrogens with zero attached hydrogens (tertiary/aromatic N) is 2. The van der Waals surface area contributed by atoms with Gasteiger partial charge >= 0.3 is 7.12 Å². The first-order chi connectivity index (χ1) is 13.9. The Morgan fingerprint density at radius 1 is 1.14 bits per heavy atom. The molecule has 2 aromatic rings. The maximum absolute atomic E-state index is 12.4. The van der Waals surface area contributed by atoms with Gasteiger partial charge in [0.1, 0.15) is 0 Å². The average molecular weight is 397 g/mol. The molecule has 154 valence electrons. The Balaban J connectivity index is 1.50. The van der Waals surface area contributed by atoms with Crippen molar-refractivity contribution in [1.29, 1.82) is 0 Å². The number of aliphatic hydroxyl groups is 1. The minimum Gasteiger partial charge on any atom is -0.426 e. The number of carbonyl (C=O) groups is 1. The van der Waals surface area contributed by atoms with Crippen LogP contribution in [0.5, 0.6) is 0 Å². The van der Waals surface area contributed by atoms with Gasteiger partial charge in [0.15, 0.2) is 6.35 Å². The summed E-state index contributed by atoms with van der Waals surface area (Å²) in [6.07, 6.45) is -0.286. The van der Waals surface area contributed by atoms with Crippen LogP contribution in [0.3, 0.4) is 0 Å². The lowest BCUT2D eigenvalue weighted by atomic mass is 9.76. The third-order valence-electron chi connectivity index (χ3n) is 5.23. The maximum Gasteiger partial charge on any atom is 0.475 e. The average Bonchev–Trinajstić information content (AvgIpc) is 3.08. The molecule has 1 saturated heterocycles. The van der Waals surface area contributed by atoms with E-state index in [4.69, 9.17) is 0 Å². The Bertz CT molecular complexity index is 788. The van der Waals surface area contributed by atoms with Gasteiger partial charge in [0.25, 0.3) is 0 Å². The SMILES string of the molecule is Cc1ccc(C[C@H](NC(=O)CCN2CCN(c3ccccc3)C2O)B(O)O)cc1. The minimum absolute atomic E-state index is 0.163. The molecule has 0 aromatic heterocycles. The number of benzene rings is 2. The van der Waals surface area contributed by atoms with E-state index in [9.17, 15) is 19.9 Å². The number of para-hydroxylation sites is 1. The van der Waals surface area contributed by atoms with E-state index in [2.05, 4.69) is 5.32 Å². The standard InChI is InChI=1S/C21H28BN3O4/c1-16-7-9-17(10-8-16)15-19(22(28)29)23-20(26)11-12-24-13-14-25(21(24)27)18-5-3-2-4-6-18/h2-10,19,21,27-29H,11-15H2,1H3,(H,23,26)/t19-,21?/m0/s1. The summed E-state index contributed by atoms with van der Waals surface area (Å²) in [4.78, 5) is 16.1. The molecular formula is C21H28BN3O4. The van der Waals surface area contributed by atoms with Crippen molar-refractivity contribution in [3.05, 3.63) is 65.7 Å². The molecular weight excluding hydrogens is 369 g/mol. The Kier molecular flexibility index (Phi) is 7.27. The second-order valence-corrected chi connectivity index (χ2v) is 7.44. The number of hydrogen-bond acceptors (Lipinski definition) is 6. The van der Waals surface area contributed by atoms with E-state index in [1.54, 1.807) is 0 Å². The molecule has 2 atom stereocenters. The highest BCUT2D eigenvalue weighted by Crippen LogP contribution is 2.21. The predicted octanol–water partition coefficient (Wildman–Crippen LogP) is 0.523. The van der Waals surface area contributed by atoms with Crippen molar-refractivity contribution in [1.82, 2.24) is 10.2 Å². The Morgan fingerprint density at radius 2 is 1.83 bits per heavy atom. The summed E-state index contributed by atoms with van der Waals surface area (Å²) >= 11 is 0. The molecule has 0 radical (unpaired) electrons. The van der Waals surface area contributed by atoms with Gasteiger partial charge in [-0.15, -0.1) is 0 Å². The van der Waals surface area contributed by atoms with Gasteiger partial charge in [-0.05, 0) is 31.0 Å². The monoisotopic (exact) mass is 397 g/mol. The summed E-state index contributed by atoms with van der Waals surface area (Å²) in [7, 11) is -1.65. The summed E-state index contributed by atoms with van der Waals surface area (Å²) < 4.78 is 0. The van der Waals surface area contributed by atoms with Crippen molar-refractivity contribution in [2.45, 2.75) is 32.1 Å². The van der Waals surface area contributed by atoms with Gasteiger partial charge in [-0.1, -0.05) is 48.0 Å². The minimum atomic E-state index is -1.65. The molecule has 7 nitrogen and oxygen atoms in total. The van der Waals surface area contributed by atoms with E-state index in [0.29, 0.717) is 26.1 Å². The lowest BCUT2D eigenvalue weighted by Crippen LogP contribution is -2.48. The normalized spacial score (nSPS) is 17.9. The number of nitrogens with one attached hydrogen (secondary N) is 1. The van der Waals surface area contributed by atoms with Crippen LogP contribution in [-0.2, 0) is 11.2 Å². The van der Waals surface area contributed by atoms with Gasteiger partial charge in [-0.3, -0.25) is 9.69 Å². The first-order valence-electron chi connectivity index (χ1n) is 9.89. The van der Waals surface area contributed by atoms with E-state index in [0.717, 1.165) is 16.8 Å². The number of aryl methyl sites for hydroxylation is 1. The molecule has 29 heavy (non-hydrogen) atoms. The number of hydrogen-bond donors (Lipinski definition) is 4. The van der Waals surface area contributed by atoms with Gasteiger partial charge < -0.3 is 25.4 Å². The van der Waals surface area contributed by atoms with Crippen LogP contribution in [-0.4, -0.2) is 65.0 Å². The summed E-state index contributed by atoms with van der Waals surface area (Å²) in [6, 6.07) is 17.4. The van der Waals surface area contributed by atoms with Gasteiger partial charge in [0.2, 0.25) is 5.91 Å². The summed E-state index contributed by atoms with van der Waals surface area (Å²) in [6.45, 7) is 3.70. The first kappa shape index (κ1) is 21.3. The summed E-state index contributed by atoms with van der Waals surface area (Å²) in [5.41, 5.74) is 2.98. The molecule has 0 saturated carbocycles. The van der Waals surface area contributed by atoms with Crippen molar-refractivity contribution >= 4 is 18.7 Å². The van der Waals surface area contributed by atoms with Crippen LogP contribution in [0.15, 0.2) is 54.6 Å². The van der Waals surface area contributed by atoms with Crippen molar-refractivity contribution in [3.63, 3.8) is 0 Å². The lowest BCUT2D eigenvalue weighted by molar-refractivity contribution is -0.122. The molecule has 1 fully saturated rings. The molecule has 8 heteroatoms. The van der Waals surface area contributed by atoms with E-state index < -0.39 is 19.4 Å². The molecule has 0 bridgehead atoms. The Labute approximate surface area is 171 Å². The Morgan fingerprint density at radius 3 is 2.48 bits per heavy atom. The van der Waals surface area contributed by atoms with E-state index >= 15 is 0 Å². The van der Waals surface area contributed by atoms with E-state index in [1.807, 2.05) is 71.3 Å². The summed E-state index contributed by atoms with van der Waals surface area (Å²) in [5.74, 6) is -1.06. The van der Waals surface area contributed by atoms with Crippen LogP contribution in [0.4, 0.5) is 5.69 Å². The molecule has 2 aromatic carbocycles. The second-order valence-electron chi connectivity index (χ2n) is 7.44. The van der Waals surface area contributed by atoms with Crippen LogP contribution in [0, 0.1) is 6.92 Å². The molecule has 0 spiro atoms. The van der Waals surface area contributed by atoms with E-state index in [-0.39, 0.29) is 12.3 Å². The number of aliphatic hydroxyl groups excluding tert-OH is 1. The van der Waals surface area contributed by atoms with Gasteiger partial charge in [0.05, 0.1) is 5.94 Å². The highest BCUT2D eigenvalue weighted by Gasteiger charge is 2.31. The van der Waals surface area contributed by atoms with Crippen LogP contribution in [0.1, 0.15) is 17.5 Å². The van der Waals surface area contributed by atoms with Crippen LogP contribution >= 0.6 is 0 Å². The van der Waals surface area contributed by atoms with Crippen LogP contribution in [0.2, 0.25) is 0 Å². The van der Waals surface area contributed by atoms with Crippen molar-refractivity contribution in [2.75, 3.05) is 24.5 Å². The van der Waals surface area contributed by atoms with Crippen molar-refractivity contribution < 1.29 is 19.9 Å². The zero-order chi connectivity index (χ0) is 20.8. The zero-order valence-electron chi connectivity index (χ0n) is 16.6. The van der Waals surface area contributed by atoms with Gasteiger partial charge in [-0.2, -0.15) is 0 Å². The number of amides is 1. The molecule has 4 N–H and O–H groups in total. The first-order valence-corrected chi connectivity index (χ1v) is 9.89. The third-order valence-corrected chi connectivity index (χ3v) is 5.23.